The molecule has 0 spiro atoms. The third-order valence-corrected chi connectivity index (χ3v) is 4.37. The third kappa shape index (κ3) is 4.68. The number of ether oxygens (including phenoxy) is 1. The van der Waals surface area contributed by atoms with Gasteiger partial charge in [0.05, 0.1) is 5.69 Å². The topological polar surface area (TPSA) is 58.6 Å². The Bertz CT molecular complexity index is 879. The number of unbranched alkanes of at least 4 members (excludes halogenated alkanes) is 1. The molecule has 0 aliphatic carbocycles. The molecule has 0 saturated heterocycles. The lowest BCUT2D eigenvalue weighted by Crippen LogP contribution is -2.44. The molecule has 0 atom stereocenters. The zero-order valence-corrected chi connectivity index (χ0v) is 15.8. The number of hydrogen-bond acceptors (Lipinski definition) is 3. The van der Waals surface area contributed by atoms with Crippen LogP contribution in [0.3, 0.4) is 0 Å². The second-order valence-electron chi connectivity index (χ2n) is 6.23. The normalized spacial score (nSPS) is 14.7. The van der Waals surface area contributed by atoms with Crippen molar-refractivity contribution in [2.24, 2.45) is 0 Å². The van der Waals surface area contributed by atoms with E-state index in [2.05, 4.69) is 12.2 Å². The molecular weight excluding hydrogens is 364 g/mol. The number of carbonyl (C=O) groups is 2. The van der Waals surface area contributed by atoms with Crippen LogP contribution in [0.2, 0.25) is 5.02 Å². The Kier molecular flexibility index (Phi) is 6.14. The molecule has 0 unspecified atom stereocenters. The molecular formula is C21H21ClN2O3. The first-order chi connectivity index (χ1) is 13.1. The van der Waals surface area contributed by atoms with Crippen molar-refractivity contribution in [1.82, 2.24) is 5.32 Å². The number of para-hydroxylation sites is 2. The predicted octanol–water partition coefficient (Wildman–Crippen LogP) is 4.02. The molecule has 0 fully saturated rings. The van der Waals surface area contributed by atoms with Crippen LogP contribution in [0.1, 0.15) is 25.3 Å². The molecule has 1 N–H and O–H groups in total. The minimum absolute atomic E-state index is 0.0597. The van der Waals surface area contributed by atoms with Gasteiger partial charge in [-0.3, -0.25) is 14.5 Å². The van der Waals surface area contributed by atoms with E-state index in [1.165, 1.54) is 4.90 Å². The van der Waals surface area contributed by atoms with E-state index in [0.29, 0.717) is 23.0 Å². The number of anilines is 1. The van der Waals surface area contributed by atoms with Gasteiger partial charge in [0, 0.05) is 11.6 Å². The van der Waals surface area contributed by atoms with Gasteiger partial charge in [0.15, 0.2) is 11.5 Å². The number of benzene rings is 2. The highest BCUT2D eigenvalue weighted by Gasteiger charge is 2.31. The largest absolute Gasteiger partial charge is 0.449 e. The molecule has 5 nitrogen and oxygen atoms in total. The summed E-state index contributed by atoms with van der Waals surface area (Å²) in [6.07, 6.45) is 3.53. The summed E-state index contributed by atoms with van der Waals surface area (Å²) in [4.78, 5) is 26.7. The molecule has 3 rings (SSSR count). The van der Waals surface area contributed by atoms with Gasteiger partial charge in [-0.1, -0.05) is 49.2 Å². The van der Waals surface area contributed by atoms with E-state index in [1.54, 1.807) is 36.4 Å². The summed E-state index contributed by atoms with van der Waals surface area (Å²) in [5.74, 6) is 0.124. The summed E-state index contributed by atoms with van der Waals surface area (Å²) in [5, 5.41) is 3.41. The van der Waals surface area contributed by atoms with Gasteiger partial charge in [-0.05, 0) is 42.3 Å². The smallest absolute Gasteiger partial charge is 0.294 e. The van der Waals surface area contributed by atoms with E-state index in [-0.39, 0.29) is 24.1 Å². The predicted molar refractivity (Wildman–Crippen MR) is 107 cm³/mol. The summed E-state index contributed by atoms with van der Waals surface area (Å²) in [5.41, 5.74) is 1.33. The van der Waals surface area contributed by atoms with E-state index in [4.69, 9.17) is 16.3 Å². The maximum atomic E-state index is 13.0. The second kappa shape index (κ2) is 8.73. The van der Waals surface area contributed by atoms with Crippen molar-refractivity contribution in [2.75, 3.05) is 18.0 Å². The Labute approximate surface area is 163 Å². The van der Waals surface area contributed by atoms with Crippen molar-refractivity contribution in [3.05, 3.63) is 64.9 Å². The fraction of sp³-hybridized carbons (Fsp3) is 0.238. The molecule has 2 aromatic carbocycles. The molecule has 27 heavy (non-hydrogen) atoms. The van der Waals surface area contributed by atoms with Crippen molar-refractivity contribution in [3.63, 3.8) is 0 Å². The lowest BCUT2D eigenvalue weighted by atomic mass is 10.1. The first-order valence-corrected chi connectivity index (χ1v) is 9.29. The highest BCUT2D eigenvalue weighted by molar-refractivity contribution is 6.30. The summed E-state index contributed by atoms with van der Waals surface area (Å²) in [6, 6.07) is 14.3. The Hall–Kier alpha value is -2.79. The van der Waals surface area contributed by atoms with Crippen molar-refractivity contribution < 1.29 is 14.3 Å². The number of amides is 2. The number of hydrogen-bond donors (Lipinski definition) is 1. The third-order valence-electron chi connectivity index (χ3n) is 4.13. The number of rotatable bonds is 6. The highest BCUT2D eigenvalue weighted by atomic mass is 35.5. The van der Waals surface area contributed by atoms with Crippen LogP contribution >= 0.6 is 11.6 Å². The zero-order valence-electron chi connectivity index (χ0n) is 15.1. The van der Waals surface area contributed by atoms with Crippen molar-refractivity contribution in [2.45, 2.75) is 19.8 Å². The summed E-state index contributed by atoms with van der Waals surface area (Å²) in [6.45, 7) is 2.59. The SMILES string of the molecule is CCCCNC(=O)CN1C(=O)C(=Cc2cccc(Cl)c2)Oc2ccccc21. The molecule has 1 aliphatic rings. The van der Waals surface area contributed by atoms with E-state index >= 15 is 0 Å². The molecule has 0 aromatic heterocycles. The number of nitrogens with zero attached hydrogens (tertiary/aromatic N) is 1. The van der Waals surface area contributed by atoms with Gasteiger partial charge in [-0.15, -0.1) is 0 Å². The van der Waals surface area contributed by atoms with Crippen LogP contribution in [0, 0.1) is 0 Å². The van der Waals surface area contributed by atoms with Gasteiger partial charge < -0.3 is 10.1 Å². The standard InChI is InChI=1S/C21H21ClN2O3/c1-2-3-11-23-20(25)14-24-17-9-4-5-10-18(17)27-19(21(24)26)13-15-7-6-8-16(22)12-15/h4-10,12-13H,2-3,11,14H2,1H3,(H,23,25). The van der Waals surface area contributed by atoms with Crippen molar-refractivity contribution in [3.8, 4) is 5.75 Å². The summed E-state index contributed by atoms with van der Waals surface area (Å²) < 4.78 is 5.79. The number of halogens is 1. The van der Waals surface area contributed by atoms with Crippen LogP contribution in [-0.2, 0) is 9.59 Å². The molecule has 2 aromatic rings. The molecule has 0 radical (unpaired) electrons. The van der Waals surface area contributed by atoms with Gasteiger partial charge in [0.1, 0.15) is 6.54 Å². The maximum Gasteiger partial charge on any atom is 0.294 e. The lowest BCUT2D eigenvalue weighted by molar-refractivity contribution is -0.123. The molecule has 0 bridgehead atoms. The monoisotopic (exact) mass is 384 g/mol. The molecule has 1 aliphatic heterocycles. The van der Waals surface area contributed by atoms with Gasteiger partial charge in [-0.2, -0.15) is 0 Å². The van der Waals surface area contributed by atoms with Gasteiger partial charge in [0.25, 0.3) is 5.91 Å². The molecule has 1 heterocycles. The Morgan fingerprint density at radius 3 is 2.81 bits per heavy atom. The minimum atomic E-state index is -0.362. The zero-order chi connectivity index (χ0) is 19.2. The number of carbonyl (C=O) groups excluding carboxylic acids is 2. The lowest BCUT2D eigenvalue weighted by Gasteiger charge is -2.30. The van der Waals surface area contributed by atoms with Crippen LogP contribution in [-0.4, -0.2) is 24.9 Å². The summed E-state index contributed by atoms with van der Waals surface area (Å²) in [7, 11) is 0. The molecule has 140 valence electrons. The van der Waals surface area contributed by atoms with Crippen molar-refractivity contribution in [1.29, 1.82) is 0 Å². The van der Waals surface area contributed by atoms with Crippen molar-refractivity contribution >= 4 is 35.2 Å². The molecule has 0 saturated carbocycles. The van der Waals surface area contributed by atoms with E-state index in [0.717, 1.165) is 18.4 Å². The quantitative estimate of drug-likeness (QED) is 0.604. The van der Waals surface area contributed by atoms with Crippen LogP contribution < -0.4 is 15.0 Å². The van der Waals surface area contributed by atoms with Crippen LogP contribution in [0.15, 0.2) is 54.3 Å². The molecule has 6 heteroatoms. The van der Waals surface area contributed by atoms with Gasteiger partial charge >= 0.3 is 0 Å². The Balaban J connectivity index is 1.87. The van der Waals surface area contributed by atoms with Crippen LogP contribution in [0.25, 0.3) is 6.08 Å². The average molecular weight is 385 g/mol. The Morgan fingerprint density at radius 1 is 1.22 bits per heavy atom. The van der Waals surface area contributed by atoms with Crippen LogP contribution in [0.5, 0.6) is 5.75 Å². The number of nitrogens with one attached hydrogen (secondary N) is 1. The molecule has 2 amide bonds. The van der Waals surface area contributed by atoms with E-state index in [9.17, 15) is 9.59 Å². The van der Waals surface area contributed by atoms with E-state index < -0.39 is 0 Å². The number of fused-ring (bicyclic) bond motifs is 1. The fourth-order valence-corrected chi connectivity index (χ4v) is 2.97. The fourth-order valence-electron chi connectivity index (χ4n) is 2.77. The minimum Gasteiger partial charge on any atom is -0.449 e. The highest BCUT2D eigenvalue weighted by Crippen LogP contribution is 2.35. The first-order valence-electron chi connectivity index (χ1n) is 8.91. The van der Waals surface area contributed by atoms with Gasteiger partial charge in [-0.25, -0.2) is 0 Å². The maximum absolute atomic E-state index is 13.0. The summed E-state index contributed by atoms with van der Waals surface area (Å²) >= 11 is 6.02. The Morgan fingerprint density at radius 2 is 2.04 bits per heavy atom. The first kappa shape index (κ1) is 19.0. The van der Waals surface area contributed by atoms with Crippen LogP contribution in [0.4, 0.5) is 5.69 Å². The average Bonchev–Trinajstić information content (AvgIpc) is 2.65. The second-order valence-corrected chi connectivity index (χ2v) is 6.66. The van der Waals surface area contributed by atoms with E-state index in [1.807, 2.05) is 18.2 Å². The van der Waals surface area contributed by atoms with Gasteiger partial charge in [0.2, 0.25) is 5.91 Å².